The van der Waals surface area contributed by atoms with Gasteiger partial charge in [0.25, 0.3) is 11.8 Å². The second kappa shape index (κ2) is 12.2. The molecule has 7 nitrogen and oxygen atoms in total. The third-order valence-corrected chi connectivity index (χ3v) is 6.91. The first-order valence-corrected chi connectivity index (χ1v) is 13.6. The summed E-state index contributed by atoms with van der Waals surface area (Å²) in [4.78, 5) is 33.9. The number of aromatic nitrogens is 1. The van der Waals surface area contributed by atoms with Crippen molar-refractivity contribution < 1.29 is 27.5 Å². The Balaban J connectivity index is 1.46. The van der Waals surface area contributed by atoms with Gasteiger partial charge in [-0.3, -0.25) is 14.6 Å². The highest BCUT2D eigenvalue weighted by molar-refractivity contribution is 5.96. The zero-order valence-corrected chi connectivity index (χ0v) is 23.7. The van der Waals surface area contributed by atoms with Gasteiger partial charge in [-0.2, -0.15) is 13.2 Å². The van der Waals surface area contributed by atoms with E-state index < -0.39 is 18.6 Å². The Kier molecular flexibility index (Phi) is 8.89. The second-order valence-corrected chi connectivity index (χ2v) is 11.0. The number of nitrogens with zero attached hydrogens (tertiary/aromatic N) is 3. The van der Waals surface area contributed by atoms with E-state index in [9.17, 15) is 22.8 Å². The highest BCUT2D eigenvalue weighted by Gasteiger charge is 2.28. The van der Waals surface area contributed by atoms with Crippen molar-refractivity contribution in [1.29, 1.82) is 0 Å². The van der Waals surface area contributed by atoms with Gasteiger partial charge in [-0.1, -0.05) is 26.8 Å². The summed E-state index contributed by atoms with van der Waals surface area (Å²) in [6.45, 7) is 9.57. The number of ether oxygens (including phenoxy) is 1. The summed E-state index contributed by atoms with van der Waals surface area (Å²) in [5, 5.41) is 1.88. The van der Waals surface area contributed by atoms with Crippen LogP contribution >= 0.6 is 0 Å². The maximum Gasteiger partial charge on any atom is 0.405 e. The van der Waals surface area contributed by atoms with E-state index in [0.29, 0.717) is 44.1 Å². The lowest BCUT2D eigenvalue weighted by molar-refractivity contribution is -0.123. The fourth-order valence-corrected chi connectivity index (χ4v) is 4.63. The standard InChI is InChI=1S/C31H35F3N4O3/c1-5-41-27-17-24(18-35-19-27)22-14-23(16-25(15-22)30(2,3)4)29(40)38-12-10-37(11-13-38)26-8-6-21(7-9-26)28(39)36-20-31(32,33)34/h6-9,14-19H,5,10-13,20H2,1-4H3,(H,36,39). The average molecular weight is 569 g/mol. The van der Waals surface area contributed by atoms with Crippen LogP contribution in [0.4, 0.5) is 18.9 Å². The first-order chi connectivity index (χ1) is 19.3. The number of rotatable bonds is 7. The largest absolute Gasteiger partial charge is 0.492 e. The van der Waals surface area contributed by atoms with E-state index in [1.165, 1.54) is 12.1 Å². The van der Waals surface area contributed by atoms with Crippen LogP contribution in [0.5, 0.6) is 5.75 Å². The number of carbonyl (C=O) groups is 2. The van der Waals surface area contributed by atoms with Crippen molar-refractivity contribution in [2.24, 2.45) is 0 Å². The number of benzene rings is 2. The number of piperazine rings is 1. The summed E-state index contributed by atoms with van der Waals surface area (Å²) >= 11 is 0. The van der Waals surface area contributed by atoms with E-state index in [2.05, 4.69) is 36.7 Å². The quantitative estimate of drug-likeness (QED) is 0.396. The predicted octanol–water partition coefficient (Wildman–Crippen LogP) is 5.70. The molecule has 0 bridgehead atoms. The van der Waals surface area contributed by atoms with Crippen LogP contribution in [0.25, 0.3) is 11.1 Å². The first-order valence-electron chi connectivity index (χ1n) is 13.6. The molecule has 0 unspecified atom stereocenters. The van der Waals surface area contributed by atoms with Crippen LogP contribution in [0.15, 0.2) is 60.9 Å². The number of carbonyl (C=O) groups excluding carboxylic acids is 2. The molecule has 1 saturated heterocycles. The number of alkyl halides is 3. The molecule has 0 saturated carbocycles. The van der Waals surface area contributed by atoms with Crippen molar-refractivity contribution >= 4 is 17.5 Å². The summed E-state index contributed by atoms with van der Waals surface area (Å²) in [6, 6.07) is 14.3. The van der Waals surface area contributed by atoms with Gasteiger partial charge in [0.1, 0.15) is 12.3 Å². The molecule has 0 spiro atoms. The Morgan fingerprint density at radius 3 is 2.20 bits per heavy atom. The number of hydrogen-bond acceptors (Lipinski definition) is 5. The minimum atomic E-state index is -4.46. The Hall–Kier alpha value is -4.08. The van der Waals surface area contributed by atoms with Gasteiger partial charge in [-0.25, -0.2) is 0 Å². The van der Waals surface area contributed by atoms with Crippen LogP contribution in [0, 0.1) is 0 Å². The van der Waals surface area contributed by atoms with Gasteiger partial charge in [0, 0.05) is 54.8 Å². The summed E-state index contributed by atoms with van der Waals surface area (Å²) < 4.78 is 42.8. The van der Waals surface area contributed by atoms with Crippen molar-refractivity contribution in [3.63, 3.8) is 0 Å². The van der Waals surface area contributed by atoms with E-state index in [4.69, 9.17) is 4.74 Å². The zero-order chi connectivity index (χ0) is 29.8. The van der Waals surface area contributed by atoms with Crippen LogP contribution < -0.4 is 15.0 Å². The van der Waals surface area contributed by atoms with Crippen LogP contribution in [0.1, 0.15) is 54.0 Å². The molecule has 10 heteroatoms. The van der Waals surface area contributed by atoms with Crippen LogP contribution in [0.2, 0.25) is 0 Å². The highest BCUT2D eigenvalue weighted by atomic mass is 19.4. The minimum absolute atomic E-state index is 0.0531. The van der Waals surface area contributed by atoms with Crippen LogP contribution in [-0.2, 0) is 5.41 Å². The van der Waals surface area contributed by atoms with Crippen molar-refractivity contribution in [2.45, 2.75) is 39.3 Å². The van der Waals surface area contributed by atoms with Crippen molar-refractivity contribution in [2.75, 3.05) is 44.2 Å². The Morgan fingerprint density at radius 1 is 0.902 bits per heavy atom. The van der Waals surface area contributed by atoms with Gasteiger partial charge in [-0.05, 0) is 65.9 Å². The molecule has 0 atom stereocenters. The van der Waals surface area contributed by atoms with Gasteiger partial charge in [-0.15, -0.1) is 0 Å². The minimum Gasteiger partial charge on any atom is -0.492 e. The number of amides is 2. The molecule has 2 heterocycles. The molecule has 218 valence electrons. The fourth-order valence-electron chi connectivity index (χ4n) is 4.63. The predicted molar refractivity (Wildman–Crippen MR) is 152 cm³/mol. The Bertz CT molecular complexity index is 1380. The van der Waals surface area contributed by atoms with E-state index in [1.54, 1.807) is 24.5 Å². The lowest BCUT2D eigenvalue weighted by Gasteiger charge is -2.36. The Morgan fingerprint density at radius 2 is 1.59 bits per heavy atom. The Labute approximate surface area is 238 Å². The van der Waals surface area contributed by atoms with Crippen molar-refractivity contribution in [3.05, 3.63) is 77.6 Å². The molecule has 2 aromatic carbocycles. The maximum atomic E-state index is 13.7. The second-order valence-electron chi connectivity index (χ2n) is 11.0. The summed E-state index contributed by atoms with van der Waals surface area (Å²) in [5.41, 5.74) is 4.23. The van der Waals surface area contributed by atoms with Crippen molar-refractivity contribution in [1.82, 2.24) is 15.2 Å². The van der Waals surface area contributed by atoms with Crippen LogP contribution in [0.3, 0.4) is 0 Å². The lowest BCUT2D eigenvalue weighted by Crippen LogP contribution is -2.48. The van der Waals surface area contributed by atoms with Crippen molar-refractivity contribution in [3.8, 4) is 16.9 Å². The average Bonchev–Trinajstić information content (AvgIpc) is 2.95. The molecule has 1 aromatic heterocycles. The highest BCUT2D eigenvalue weighted by Crippen LogP contribution is 2.31. The third kappa shape index (κ3) is 7.77. The van der Waals surface area contributed by atoms with Gasteiger partial charge >= 0.3 is 6.18 Å². The molecule has 1 aliphatic heterocycles. The topological polar surface area (TPSA) is 74.8 Å². The molecule has 1 fully saturated rings. The normalized spacial score (nSPS) is 14.1. The molecular formula is C31H35F3N4O3. The van der Waals surface area contributed by atoms with Gasteiger partial charge < -0.3 is 19.9 Å². The number of halogens is 3. The van der Waals surface area contributed by atoms with E-state index in [1.807, 2.05) is 35.3 Å². The summed E-state index contributed by atoms with van der Waals surface area (Å²) in [6.07, 6.45) is -1.03. The summed E-state index contributed by atoms with van der Waals surface area (Å²) in [7, 11) is 0. The molecule has 0 radical (unpaired) electrons. The van der Waals surface area contributed by atoms with Gasteiger partial charge in [0.05, 0.1) is 12.8 Å². The lowest BCUT2D eigenvalue weighted by atomic mass is 9.84. The van der Waals surface area contributed by atoms with Gasteiger partial charge in [0.15, 0.2) is 0 Å². The molecule has 3 aromatic rings. The molecular weight excluding hydrogens is 533 g/mol. The molecule has 1 aliphatic rings. The molecule has 2 amide bonds. The van der Waals surface area contributed by atoms with E-state index >= 15 is 0 Å². The first kappa shape index (κ1) is 29.9. The van der Waals surface area contributed by atoms with Crippen LogP contribution in [-0.4, -0.2) is 67.2 Å². The molecule has 0 aliphatic carbocycles. The summed E-state index contributed by atoms with van der Waals surface area (Å²) in [5.74, 6) is -0.158. The number of pyridine rings is 1. The van der Waals surface area contributed by atoms with Gasteiger partial charge in [0.2, 0.25) is 0 Å². The number of hydrogen-bond donors (Lipinski definition) is 1. The monoisotopic (exact) mass is 568 g/mol. The number of anilines is 1. The SMILES string of the molecule is CCOc1cncc(-c2cc(C(=O)N3CCN(c4ccc(C(=O)NCC(F)(F)F)cc4)CC3)cc(C(C)(C)C)c2)c1. The number of nitrogens with one attached hydrogen (secondary N) is 1. The molecule has 41 heavy (non-hydrogen) atoms. The molecule has 4 rings (SSSR count). The smallest absolute Gasteiger partial charge is 0.405 e. The third-order valence-electron chi connectivity index (χ3n) is 6.91. The fraction of sp³-hybridized carbons (Fsp3) is 0.387. The van der Waals surface area contributed by atoms with E-state index in [-0.39, 0.29) is 16.9 Å². The zero-order valence-electron chi connectivity index (χ0n) is 23.7. The van der Waals surface area contributed by atoms with E-state index in [0.717, 1.165) is 22.4 Å². The molecule has 1 N–H and O–H groups in total. The maximum absolute atomic E-state index is 13.7.